The maximum Gasteiger partial charge on any atom is 0.251 e. The highest BCUT2D eigenvalue weighted by atomic mass is 16.1. The third-order valence-electron chi connectivity index (χ3n) is 4.55. The fourth-order valence-electron chi connectivity index (χ4n) is 3.05. The lowest BCUT2D eigenvalue weighted by molar-refractivity contribution is 0.0963. The summed E-state index contributed by atoms with van der Waals surface area (Å²) in [6.07, 6.45) is 0.812. The Morgan fingerprint density at radius 1 is 1.25 bits per heavy atom. The molecule has 1 atom stereocenters. The maximum atomic E-state index is 11.7. The molecule has 2 aromatic rings. The summed E-state index contributed by atoms with van der Waals surface area (Å²) in [6, 6.07) is 9.78. The van der Waals surface area contributed by atoms with E-state index in [4.69, 9.17) is 0 Å². The minimum Gasteiger partial charge on any atom is -0.356 e. The largest absolute Gasteiger partial charge is 0.356 e. The van der Waals surface area contributed by atoms with Gasteiger partial charge in [0, 0.05) is 45.0 Å². The van der Waals surface area contributed by atoms with Gasteiger partial charge in [0.1, 0.15) is 0 Å². The Morgan fingerprint density at radius 2 is 2.04 bits per heavy atom. The molecule has 1 heterocycles. The summed E-state index contributed by atoms with van der Waals surface area (Å²) in [5, 5.41) is 13.9. The fourth-order valence-corrected chi connectivity index (χ4v) is 3.05. The number of hydrogen-bond acceptors (Lipinski definition) is 3. The lowest BCUT2D eigenvalue weighted by Crippen LogP contribution is -2.40. The van der Waals surface area contributed by atoms with Crippen LogP contribution in [0.15, 0.2) is 35.3 Å². The lowest BCUT2D eigenvalue weighted by atomic mass is 10.1. The second-order valence-electron chi connectivity index (χ2n) is 7.12. The number of aryl methyl sites for hydroxylation is 2. The Balaban J connectivity index is 1.77. The highest BCUT2D eigenvalue weighted by Crippen LogP contribution is 2.07. The van der Waals surface area contributed by atoms with Crippen LogP contribution in [0.5, 0.6) is 0 Å². The predicted molar refractivity (Wildman–Crippen MR) is 114 cm³/mol. The fraction of sp³-hybridized carbons (Fsp3) is 0.476. The number of hydrogen-bond donors (Lipinski definition) is 3. The normalized spacial score (nSPS) is 12.5. The molecule has 1 aromatic heterocycles. The van der Waals surface area contributed by atoms with Crippen LogP contribution in [0.2, 0.25) is 0 Å². The van der Waals surface area contributed by atoms with Gasteiger partial charge in [0.25, 0.3) is 5.91 Å². The molecule has 0 saturated heterocycles. The number of aromatic nitrogens is 2. The van der Waals surface area contributed by atoms with Crippen molar-refractivity contribution in [2.75, 3.05) is 27.2 Å². The van der Waals surface area contributed by atoms with Crippen LogP contribution in [-0.2, 0) is 13.0 Å². The molecule has 3 N–H and O–H groups in total. The van der Waals surface area contributed by atoms with Gasteiger partial charge in [-0.3, -0.25) is 14.5 Å². The zero-order chi connectivity index (χ0) is 20.5. The second-order valence-corrected chi connectivity index (χ2v) is 7.12. The first-order valence-electron chi connectivity index (χ1n) is 9.69. The Kier molecular flexibility index (Phi) is 8.04. The number of amides is 1. The monoisotopic (exact) mass is 384 g/mol. The zero-order valence-corrected chi connectivity index (χ0v) is 17.5. The van der Waals surface area contributed by atoms with Crippen molar-refractivity contribution >= 4 is 11.9 Å². The Labute approximate surface area is 167 Å². The molecule has 152 valence electrons. The molecular formula is C21H32N6O. The molecule has 1 amide bonds. The molecule has 0 aliphatic carbocycles. The van der Waals surface area contributed by atoms with Crippen LogP contribution in [0.3, 0.4) is 0 Å². The number of guanidine groups is 1. The number of carbonyl (C=O) groups excluding carboxylic acids is 1. The van der Waals surface area contributed by atoms with Gasteiger partial charge in [-0.15, -0.1) is 0 Å². The summed E-state index contributed by atoms with van der Waals surface area (Å²) in [6.45, 7) is 8.71. The Hall–Kier alpha value is -2.83. The molecule has 0 aliphatic rings. The van der Waals surface area contributed by atoms with Crippen molar-refractivity contribution in [1.29, 1.82) is 0 Å². The summed E-state index contributed by atoms with van der Waals surface area (Å²) in [5.41, 5.74) is 4.03. The van der Waals surface area contributed by atoms with Crippen LogP contribution in [0.1, 0.15) is 34.2 Å². The molecular weight excluding hydrogens is 352 g/mol. The van der Waals surface area contributed by atoms with E-state index in [1.165, 1.54) is 5.69 Å². The molecule has 0 spiro atoms. The number of nitrogens with one attached hydrogen (secondary N) is 3. The van der Waals surface area contributed by atoms with Gasteiger partial charge in [-0.25, -0.2) is 0 Å². The first-order valence-corrected chi connectivity index (χ1v) is 9.69. The number of nitrogens with zero attached hydrogens (tertiary/aromatic N) is 3. The highest BCUT2D eigenvalue weighted by Gasteiger charge is 2.08. The molecule has 28 heavy (non-hydrogen) atoms. The van der Waals surface area contributed by atoms with E-state index in [1.54, 1.807) is 14.1 Å². The molecule has 7 heteroatoms. The molecule has 0 radical (unpaired) electrons. The quantitative estimate of drug-likeness (QED) is 0.480. The lowest BCUT2D eigenvalue weighted by Gasteiger charge is -2.17. The summed E-state index contributed by atoms with van der Waals surface area (Å²) in [7, 11) is 3.41. The van der Waals surface area contributed by atoms with Gasteiger partial charge in [-0.2, -0.15) is 5.10 Å². The van der Waals surface area contributed by atoms with Crippen LogP contribution in [0.4, 0.5) is 0 Å². The summed E-state index contributed by atoms with van der Waals surface area (Å²) in [5.74, 6) is 1.13. The highest BCUT2D eigenvalue weighted by molar-refractivity contribution is 5.94. The molecule has 0 saturated carbocycles. The van der Waals surface area contributed by atoms with Crippen molar-refractivity contribution in [3.05, 3.63) is 52.8 Å². The number of aliphatic imine (C=N–C) groups is 1. The number of rotatable bonds is 8. The summed E-state index contributed by atoms with van der Waals surface area (Å²) in [4.78, 5) is 16.0. The standard InChI is InChI=1S/C21H32N6O/c1-15(14-27-17(3)11-16(2)26-27)13-25-21(23-5)24-10-9-18-7-6-8-19(12-18)20(28)22-4/h6-8,11-12,15H,9-10,13-14H2,1-5H3,(H,22,28)(H2,23,24,25). The third-order valence-corrected chi connectivity index (χ3v) is 4.55. The molecule has 0 bridgehead atoms. The van der Waals surface area contributed by atoms with E-state index in [0.717, 1.165) is 43.3 Å². The first kappa shape index (κ1) is 21.5. The van der Waals surface area contributed by atoms with Crippen molar-refractivity contribution < 1.29 is 4.79 Å². The molecule has 1 aromatic carbocycles. The van der Waals surface area contributed by atoms with Crippen molar-refractivity contribution in [2.45, 2.75) is 33.7 Å². The van der Waals surface area contributed by atoms with E-state index in [2.05, 4.69) is 50.6 Å². The summed E-state index contributed by atoms with van der Waals surface area (Å²) < 4.78 is 2.05. The Morgan fingerprint density at radius 3 is 2.68 bits per heavy atom. The topological polar surface area (TPSA) is 83.3 Å². The maximum absolute atomic E-state index is 11.7. The number of carbonyl (C=O) groups is 1. The molecule has 0 fully saturated rings. The van der Waals surface area contributed by atoms with Crippen molar-refractivity contribution in [1.82, 2.24) is 25.7 Å². The van der Waals surface area contributed by atoms with Crippen LogP contribution < -0.4 is 16.0 Å². The number of benzene rings is 1. The van der Waals surface area contributed by atoms with E-state index in [9.17, 15) is 4.79 Å². The van der Waals surface area contributed by atoms with Crippen LogP contribution >= 0.6 is 0 Å². The predicted octanol–water partition coefficient (Wildman–Crippen LogP) is 1.90. The van der Waals surface area contributed by atoms with Gasteiger partial charge in [-0.1, -0.05) is 19.1 Å². The van der Waals surface area contributed by atoms with E-state index in [1.807, 2.05) is 31.2 Å². The van der Waals surface area contributed by atoms with Crippen molar-refractivity contribution in [3.63, 3.8) is 0 Å². The van der Waals surface area contributed by atoms with Crippen LogP contribution in [0, 0.1) is 19.8 Å². The van der Waals surface area contributed by atoms with Crippen LogP contribution in [0.25, 0.3) is 0 Å². The molecule has 0 aliphatic heterocycles. The van der Waals surface area contributed by atoms with Gasteiger partial charge < -0.3 is 16.0 Å². The molecule has 2 rings (SSSR count). The van der Waals surface area contributed by atoms with Gasteiger partial charge >= 0.3 is 0 Å². The van der Waals surface area contributed by atoms with Gasteiger partial charge in [0.05, 0.1) is 5.69 Å². The Bertz CT molecular complexity index is 811. The van der Waals surface area contributed by atoms with E-state index in [0.29, 0.717) is 11.5 Å². The second kappa shape index (κ2) is 10.5. The average Bonchev–Trinajstić information content (AvgIpc) is 3.00. The third kappa shape index (κ3) is 6.40. The average molecular weight is 385 g/mol. The van der Waals surface area contributed by atoms with E-state index >= 15 is 0 Å². The molecule has 1 unspecified atom stereocenters. The van der Waals surface area contributed by atoms with Crippen LogP contribution in [-0.4, -0.2) is 48.8 Å². The minimum absolute atomic E-state index is 0.0658. The summed E-state index contributed by atoms with van der Waals surface area (Å²) >= 11 is 0. The van der Waals surface area contributed by atoms with Gasteiger partial charge in [0.15, 0.2) is 5.96 Å². The van der Waals surface area contributed by atoms with E-state index in [-0.39, 0.29) is 5.91 Å². The molecule has 7 nitrogen and oxygen atoms in total. The zero-order valence-electron chi connectivity index (χ0n) is 17.5. The van der Waals surface area contributed by atoms with Crippen molar-refractivity contribution in [3.8, 4) is 0 Å². The van der Waals surface area contributed by atoms with Gasteiger partial charge in [0.2, 0.25) is 0 Å². The minimum atomic E-state index is -0.0658. The van der Waals surface area contributed by atoms with Gasteiger partial charge in [-0.05, 0) is 49.9 Å². The smallest absolute Gasteiger partial charge is 0.251 e. The first-order chi connectivity index (χ1) is 13.4. The van der Waals surface area contributed by atoms with E-state index < -0.39 is 0 Å². The SMILES string of the molecule is CN=C(NCCc1cccc(C(=O)NC)c1)NCC(C)Cn1nc(C)cc1C. The van der Waals surface area contributed by atoms with Crippen molar-refractivity contribution in [2.24, 2.45) is 10.9 Å².